The molecule has 0 amide bonds. The van der Waals surface area contributed by atoms with Crippen LogP contribution in [0.1, 0.15) is 17.2 Å². The molecule has 1 unspecified atom stereocenters. The molecule has 0 spiro atoms. The van der Waals surface area contributed by atoms with Crippen molar-refractivity contribution in [1.29, 1.82) is 0 Å². The van der Waals surface area contributed by atoms with Gasteiger partial charge >= 0.3 is 0 Å². The van der Waals surface area contributed by atoms with Gasteiger partial charge in [-0.2, -0.15) is 0 Å². The Balaban J connectivity index is 2.22. The van der Waals surface area contributed by atoms with Crippen molar-refractivity contribution in [3.05, 3.63) is 65.5 Å². The van der Waals surface area contributed by atoms with Gasteiger partial charge in [0.05, 0.1) is 13.2 Å². The minimum Gasteiger partial charge on any atom is -0.494 e. The second-order valence-electron chi connectivity index (χ2n) is 4.30. The lowest BCUT2D eigenvalue weighted by atomic mass is 9.99. The Labute approximate surface area is 112 Å². The number of methoxy groups -OCH3 is 1. The quantitative estimate of drug-likeness (QED) is 0.641. The van der Waals surface area contributed by atoms with Crippen LogP contribution >= 0.6 is 0 Å². The lowest BCUT2D eigenvalue weighted by Gasteiger charge is -2.17. The van der Waals surface area contributed by atoms with Gasteiger partial charge in [0.25, 0.3) is 0 Å². The third-order valence-corrected chi connectivity index (χ3v) is 3.06. The number of nitrogens with two attached hydrogens (primary N) is 1. The largest absolute Gasteiger partial charge is 0.494 e. The lowest BCUT2D eigenvalue weighted by molar-refractivity contribution is 0.384. The van der Waals surface area contributed by atoms with E-state index in [0.717, 1.165) is 17.5 Å². The molecule has 3 nitrogen and oxygen atoms in total. The summed E-state index contributed by atoms with van der Waals surface area (Å²) >= 11 is 0. The summed E-state index contributed by atoms with van der Waals surface area (Å²) in [5.74, 6) is 5.45. The fourth-order valence-corrected chi connectivity index (χ4v) is 2.02. The third kappa shape index (κ3) is 3.30. The molecule has 2 rings (SSSR count). The van der Waals surface area contributed by atoms with Crippen molar-refractivity contribution >= 4 is 0 Å². The van der Waals surface area contributed by atoms with E-state index in [-0.39, 0.29) is 17.6 Å². The van der Waals surface area contributed by atoms with Gasteiger partial charge in [0.2, 0.25) is 0 Å². The summed E-state index contributed by atoms with van der Waals surface area (Å²) in [6, 6.07) is 14.7. The first-order valence-electron chi connectivity index (χ1n) is 6.08. The molecule has 1 atom stereocenters. The van der Waals surface area contributed by atoms with Crippen molar-refractivity contribution in [3.63, 3.8) is 0 Å². The summed E-state index contributed by atoms with van der Waals surface area (Å²) in [5.41, 5.74) is 4.81. The van der Waals surface area contributed by atoms with Crippen LogP contribution in [0.2, 0.25) is 0 Å². The molecule has 100 valence electrons. The molecule has 2 aromatic rings. The van der Waals surface area contributed by atoms with E-state index in [4.69, 9.17) is 10.6 Å². The van der Waals surface area contributed by atoms with Crippen LogP contribution in [0.15, 0.2) is 48.5 Å². The van der Waals surface area contributed by atoms with Gasteiger partial charge in [-0.15, -0.1) is 0 Å². The van der Waals surface area contributed by atoms with Gasteiger partial charge in [0, 0.05) is 0 Å². The maximum absolute atomic E-state index is 13.4. The van der Waals surface area contributed by atoms with Crippen molar-refractivity contribution < 1.29 is 9.13 Å². The molecule has 0 bridgehead atoms. The molecule has 2 aromatic carbocycles. The zero-order chi connectivity index (χ0) is 13.7. The molecular formula is C15H17FN2O. The number of benzene rings is 2. The van der Waals surface area contributed by atoms with Crippen molar-refractivity contribution in [3.8, 4) is 5.75 Å². The number of hydrazine groups is 1. The van der Waals surface area contributed by atoms with Crippen LogP contribution in [-0.4, -0.2) is 7.11 Å². The predicted molar refractivity (Wildman–Crippen MR) is 73.2 cm³/mol. The van der Waals surface area contributed by atoms with Crippen LogP contribution in [0.5, 0.6) is 5.75 Å². The van der Waals surface area contributed by atoms with Crippen LogP contribution in [0.25, 0.3) is 0 Å². The lowest BCUT2D eigenvalue weighted by Crippen LogP contribution is -2.29. The monoisotopic (exact) mass is 260 g/mol. The van der Waals surface area contributed by atoms with Gasteiger partial charge in [-0.3, -0.25) is 11.3 Å². The van der Waals surface area contributed by atoms with E-state index in [2.05, 4.69) is 5.43 Å². The number of halogens is 1. The van der Waals surface area contributed by atoms with Crippen molar-refractivity contribution in [2.45, 2.75) is 12.5 Å². The van der Waals surface area contributed by atoms with Gasteiger partial charge in [-0.05, 0) is 29.7 Å². The Morgan fingerprint density at radius 1 is 1.21 bits per heavy atom. The zero-order valence-electron chi connectivity index (χ0n) is 10.8. The Bertz CT molecular complexity index is 531. The SMILES string of the molecule is COc1cc(C(Cc2ccccc2)NN)ccc1F. The molecule has 0 saturated heterocycles. The molecular weight excluding hydrogens is 243 g/mol. The number of nitrogens with one attached hydrogen (secondary N) is 1. The van der Waals surface area contributed by atoms with Gasteiger partial charge in [0.15, 0.2) is 11.6 Å². The molecule has 0 fully saturated rings. The minimum atomic E-state index is -0.373. The molecule has 0 aliphatic carbocycles. The summed E-state index contributed by atoms with van der Waals surface area (Å²) in [7, 11) is 1.45. The average molecular weight is 260 g/mol. The van der Waals surface area contributed by atoms with Crippen molar-refractivity contribution in [2.24, 2.45) is 5.84 Å². The zero-order valence-corrected chi connectivity index (χ0v) is 10.8. The average Bonchev–Trinajstić information content (AvgIpc) is 2.46. The van der Waals surface area contributed by atoms with E-state index < -0.39 is 0 Å². The molecule has 0 aromatic heterocycles. The molecule has 0 radical (unpaired) electrons. The Kier molecular flexibility index (Phi) is 4.49. The predicted octanol–water partition coefficient (Wildman–Crippen LogP) is 2.58. The summed E-state index contributed by atoms with van der Waals surface area (Å²) in [6.07, 6.45) is 0.728. The second-order valence-corrected chi connectivity index (χ2v) is 4.30. The third-order valence-electron chi connectivity index (χ3n) is 3.06. The van der Waals surface area contributed by atoms with Crippen LogP contribution in [0.3, 0.4) is 0 Å². The number of rotatable bonds is 5. The molecule has 4 heteroatoms. The molecule has 0 heterocycles. The number of hydrogen-bond donors (Lipinski definition) is 2. The first-order valence-corrected chi connectivity index (χ1v) is 6.08. The molecule has 0 aliphatic rings. The molecule has 0 saturated carbocycles. The Morgan fingerprint density at radius 2 is 1.95 bits per heavy atom. The Morgan fingerprint density at radius 3 is 2.58 bits per heavy atom. The van der Waals surface area contributed by atoms with Crippen LogP contribution in [0, 0.1) is 5.82 Å². The summed E-state index contributed by atoms with van der Waals surface area (Å²) in [6.45, 7) is 0. The van der Waals surface area contributed by atoms with E-state index >= 15 is 0 Å². The highest BCUT2D eigenvalue weighted by molar-refractivity contribution is 5.33. The smallest absolute Gasteiger partial charge is 0.165 e. The van der Waals surface area contributed by atoms with Gasteiger partial charge in [-0.1, -0.05) is 36.4 Å². The fourth-order valence-electron chi connectivity index (χ4n) is 2.02. The highest BCUT2D eigenvalue weighted by Crippen LogP contribution is 2.24. The van der Waals surface area contributed by atoms with Crippen LogP contribution < -0.4 is 16.0 Å². The summed E-state index contributed by atoms with van der Waals surface area (Å²) < 4.78 is 18.4. The topological polar surface area (TPSA) is 47.3 Å². The maximum Gasteiger partial charge on any atom is 0.165 e. The first-order chi connectivity index (χ1) is 9.24. The van der Waals surface area contributed by atoms with E-state index in [1.165, 1.54) is 13.2 Å². The first kappa shape index (κ1) is 13.5. The maximum atomic E-state index is 13.4. The normalized spacial score (nSPS) is 12.2. The minimum absolute atomic E-state index is 0.0862. The number of ether oxygens (including phenoxy) is 1. The van der Waals surface area contributed by atoms with E-state index in [9.17, 15) is 4.39 Å². The standard InChI is InChI=1S/C15H17FN2O/c1-19-15-10-12(7-8-13(15)16)14(18-17)9-11-5-3-2-4-6-11/h2-8,10,14,18H,9,17H2,1H3. The summed E-state index contributed by atoms with van der Waals surface area (Å²) in [4.78, 5) is 0. The Hall–Kier alpha value is -1.91. The highest BCUT2D eigenvalue weighted by atomic mass is 19.1. The van der Waals surface area contributed by atoms with Gasteiger partial charge in [-0.25, -0.2) is 4.39 Å². The summed E-state index contributed by atoms with van der Waals surface area (Å²) in [5, 5.41) is 0. The van der Waals surface area contributed by atoms with Gasteiger partial charge < -0.3 is 4.74 Å². The second kappa shape index (κ2) is 6.31. The molecule has 19 heavy (non-hydrogen) atoms. The highest BCUT2D eigenvalue weighted by Gasteiger charge is 2.13. The van der Waals surface area contributed by atoms with E-state index in [1.807, 2.05) is 30.3 Å². The number of hydrogen-bond acceptors (Lipinski definition) is 3. The fraction of sp³-hybridized carbons (Fsp3) is 0.200. The van der Waals surface area contributed by atoms with E-state index in [1.54, 1.807) is 12.1 Å². The van der Waals surface area contributed by atoms with Crippen molar-refractivity contribution in [1.82, 2.24) is 5.43 Å². The molecule has 0 aliphatic heterocycles. The van der Waals surface area contributed by atoms with Crippen molar-refractivity contribution in [2.75, 3.05) is 7.11 Å². The van der Waals surface area contributed by atoms with Crippen LogP contribution in [-0.2, 0) is 6.42 Å². The van der Waals surface area contributed by atoms with E-state index in [0.29, 0.717) is 0 Å². The molecule has 3 N–H and O–H groups in total. The van der Waals surface area contributed by atoms with Crippen LogP contribution in [0.4, 0.5) is 4.39 Å². The van der Waals surface area contributed by atoms with Gasteiger partial charge in [0.1, 0.15) is 0 Å².